The molecule has 4 heteroatoms. The second-order valence-electron chi connectivity index (χ2n) is 2.72. The topological polar surface area (TPSA) is 46.5 Å². The van der Waals surface area contributed by atoms with Gasteiger partial charge in [0.15, 0.2) is 0 Å². The van der Waals surface area contributed by atoms with Gasteiger partial charge in [0, 0.05) is 0 Å². The molecule has 1 aliphatic carbocycles. The van der Waals surface area contributed by atoms with E-state index in [0.29, 0.717) is 0 Å². The van der Waals surface area contributed by atoms with Crippen LogP contribution in [0.25, 0.3) is 6.08 Å². The predicted octanol–water partition coefficient (Wildman–Crippen LogP) is 1.91. The van der Waals surface area contributed by atoms with E-state index >= 15 is 0 Å². The van der Waals surface area contributed by atoms with Crippen LogP contribution < -0.4 is 0 Å². The van der Waals surface area contributed by atoms with Crippen molar-refractivity contribution in [3.63, 3.8) is 0 Å². The molecule has 0 aliphatic heterocycles. The van der Waals surface area contributed by atoms with Crippen molar-refractivity contribution < 1.29 is 12.9 Å². The molecule has 0 heterocycles. The molecule has 0 spiro atoms. The lowest BCUT2D eigenvalue weighted by atomic mass is 10.1. The van der Waals surface area contributed by atoms with Crippen molar-refractivity contribution in [1.29, 1.82) is 0 Å². The van der Waals surface area contributed by atoms with Crippen molar-refractivity contribution in [2.75, 3.05) is 0 Å². The quantitative estimate of drug-likeness (QED) is 0.735. The summed E-state index contributed by atoms with van der Waals surface area (Å²) < 4.78 is 23.8. The van der Waals surface area contributed by atoms with E-state index in [1.54, 1.807) is 6.08 Å². The van der Waals surface area contributed by atoms with Crippen LogP contribution in [-0.4, -0.2) is 8.76 Å². The largest absolute Gasteiger partial charge is 0.302 e. The summed E-state index contributed by atoms with van der Waals surface area (Å²) in [6, 6.07) is 7.62. The van der Waals surface area contributed by atoms with Gasteiger partial charge < -0.3 is 0 Å². The maximum atomic E-state index is 10.4. The molecule has 1 aliphatic rings. The summed E-state index contributed by atoms with van der Waals surface area (Å²) in [4.78, 5) is 0. The molecule has 2 unspecified atom stereocenters. The highest BCUT2D eigenvalue weighted by Crippen LogP contribution is 2.30. The summed E-state index contributed by atoms with van der Waals surface area (Å²) in [6.07, 6.45) is 3.26. The smallest absolute Gasteiger partial charge is 0.284 e. The molecule has 0 saturated heterocycles. The molecule has 2 atom stereocenters. The summed E-state index contributed by atoms with van der Waals surface area (Å²) in [5.41, 5.74) is 1.97. The van der Waals surface area contributed by atoms with Crippen LogP contribution in [0.1, 0.15) is 17.2 Å². The highest BCUT2D eigenvalue weighted by molar-refractivity contribution is 7.74. The first kappa shape index (κ1) is 8.62. The number of benzene rings is 1. The first-order valence-corrected chi connectivity index (χ1v) is 4.85. The van der Waals surface area contributed by atoms with E-state index in [2.05, 4.69) is 0 Å². The fourth-order valence-corrected chi connectivity index (χ4v) is 1.73. The lowest BCUT2D eigenvalue weighted by Crippen LogP contribution is -2.01. The molecule has 0 amide bonds. The molecule has 2 rings (SSSR count). The van der Waals surface area contributed by atoms with Gasteiger partial charge in [-0.05, 0) is 17.2 Å². The minimum Gasteiger partial charge on any atom is -0.284 e. The van der Waals surface area contributed by atoms with Crippen molar-refractivity contribution in [2.45, 2.75) is 6.10 Å². The molecule has 1 aromatic rings. The number of hydrogen-bond donors (Lipinski definition) is 1. The van der Waals surface area contributed by atoms with Crippen molar-refractivity contribution in [2.24, 2.45) is 0 Å². The third-order valence-electron chi connectivity index (χ3n) is 1.94. The van der Waals surface area contributed by atoms with Crippen LogP contribution in [0.3, 0.4) is 0 Å². The van der Waals surface area contributed by atoms with Crippen LogP contribution in [0.5, 0.6) is 0 Å². The fourth-order valence-electron chi connectivity index (χ4n) is 1.39. The minimum atomic E-state index is -2.21. The Morgan fingerprint density at radius 1 is 1.38 bits per heavy atom. The number of hydrogen-bond acceptors (Lipinski definition) is 2. The second-order valence-corrected chi connectivity index (χ2v) is 3.35. The van der Waals surface area contributed by atoms with Crippen LogP contribution in [-0.2, 0) is 15.5 Å². The Kier molecular flexibility index (Phi) is 2.26. The molecule has 13 heavy (non-hydrogen) atoms. The lowest BCUT2D eigenvalue weighted by molar-refractivity contribution is 0.256. The zero-order valence-corrected chi connectivity index (χ0v) is 7.53. The molecule has 1 aromatic carbocycles. The van der Waals surface area contributed by atoms with Gasteiger partial charge in [-0.2, -0.15) is 4.21 Å². The van der Waals surface area contributed by atoms with Crippen molar-refractivity contribution in [3.8, 4) is 0 Å². The SMILES string of the molecule is O=S(O)OC1C=Cc2ccccc21. The average Bonchev–Trinajstić information content (AvgIpc) is 2.48. The van der Waals surface area contributed by atoms with Gasteiger partial charge in [0.2, 0.25) is 0 Å². The van der Waals surface area contributed by atoms with Crippen LogP contribution in [0.15, 0.2) is 30.3 Å². The van der Waals surface area contributed by atoms with Crippen LogP contribution in [0.2, 0.25) is 0 Å². The Bertz CT molecular complexity index is 373. The molecule has 0 radical (unpaired) electrons. The Balaban J connectivity index is 2.28. The molecular weight excluding hydrogens is 188 g/mol. The lowest BCUT2D eigenvalue weighted by Gasteiger charge is -2.07. The summed E-state index contributed by atoms with van der Waals surface area (Å²) in [6.45, 7) is 0. The first-order valence-electron chi connectivity index (χ1n) is 3.82. The van der Waals surface area contributed by atoms with Gasteiger partial charge in [-0.15, -0.1) is 0 Å². The van der Waals surface area contributed by atoms with E-state index in [-0.39, 0.29) is 6.10 Å². The maximum absolute atomic E-state index is 10.4. The van der Waals surface area contributed by atoms with E-state index in [0.717, 1.165) is 11.1 Å². The molecule has 0 fully saturated rings. The van der Waals surface area contributed by atoms with Crippen molar-refractivity contribution >= 4 is 17.4 Å². The van der Waals surface area contributed by atoms with Crippen molar-refractivity contribution in [1.82, 2.24) is 0 Å². The Labute approximate surface area is 78.5 Å². The number of fused-ring (bicyclic) bond motifs is 1. The average molecular weight is 196 g/mol. The van der Waals surface area contributed by atoms with Gasteiger partial charge >= 0.3 is 11.4 Å². The van der Waals surface area contributed by atoms with E-state index in [4.69, 9.17) is 8.74 Å². The Hall–Kier alpha value is -0.970. The fraction of sp³-hybridized carbons (Fsp3) is 0.111. The van der Waals surface area contributed by atoms with E-state index in [1.807, 2.05) is 30.3 Å². The minimum absolute atomic E-state index is 0.387. The van der Waals surface area contributed by atoms with Gasteiger partial charge in [-0.3, -0.25) is 8.74 Å². The van der Waals surface area contributed by atoms with Crippen LogP contribution in [0, 0.1) is 0 Å². The third-order valence-corrected chi connectivity index (χ3v) is 2.31. The van der Waals surface area contributed by atoms with Crippen LogP contribution in [0.4, 0.5) is 0 Å². The summed E-state index contributed by atoms with van der Waals surface area (Å²) in [5.74, 6) is 0. The monoisotopic (exact) mass is 196 g/mol. The van der Waals surface area contributed by atoms with Gasteiger partial charge in [0.1, 0.15) is 6.10 Å². The standard InChI is InChI=1S/C9H8O3S/c10-13(11)12-9-6-5-7-3-1-2-4-8(7)9/h1-6,9H,(H,10,11). The third kappa shape index (κ3) is 1.70. The number of rotatable bonds is 2. The zero-order valence-electron chi connectivity index (χ0n) is 6.71. The molecule has 68 valence electrons. The van der Waals surface area contributed by atoms with Gasteiger partial charge in [-0.1, -0.05) is 30.3 Å². The highest BCUT2D eigenvalue weighted by Gasteiger charge is 2.18. The van der Waals surface area contributed by atoms with Gasteiger partial charge in [0.05, 0.1) is 0 Å². The Morgan fingerprint density at radius 2 is 2.15 bits per heavy atom. The molecule has 1 N–H and O–H groups in total. The molecular formula is C9H8O3S. The molecule has 3 nitrogen and oxygen atoms in total. The van der Waals surface area contributed by atoms with Gasteiger partial charge in [-0.25, -0.2) is 0 Å². The molecule has 0 bridgehead atoms. The van der Waals surface area contributed by atoms with Gasteiger partial charge in [0.25, 0.3) is 0 Å². The molecule has 0 aromatic heterocycles. The Morgan fingerprint density at radius 3 is 2.92 bits per heavy atom. The highest BCUT2D eigenvalue weighted by atomic mass is 32.2. The van der Waals surface area contributed by atoms with E-state index < -0.39 is 11.4 Å². The zero-order chi connectivity index (χ0) is 9.26. The summed E-state index contributed by atoms with van der Waals surface area (Å²) >= 11 is -2.21. The van der Waals surface area contributed by atoms with Crippen LogP contribution >= 0.6 is 0 Å². The maximum Gasteiger partial charge on any atom is 0.302 e. The normalized spacial score (nSPS) is 21.5. The van der Waals surface area contributed by atoms with E-state index in [1.165, 1.54) is 0 Å². The summed E-state index contributed by atoms with van der Waals surface area (Å²) in [5, 5.41) is 0. The summed E-state index contributed by atoms with van der Waals surface area (Å²) in [7, 11) is 0. The van der Waals surface area contributed by atoms with E-state index in [9.17, 15) is 4.21 Å². The second kappa shape index (κ2) is 3.41. The molecule has 0 saturated carbocycles. The predicted molar refractivity (Wildman–Crippen MR) is 50.1 cm³/mol. The van der Waals surface area contributed by atoms with Crippen molar-refractivity contribution in [3.05, 3.63) is 41.5 Å². The first-order chi connectivity index (χ1) is 6.27.